The molecule has 1 aromatic carbocycles. The van der Waals surface area contributed by atoms with Crippen molar-refractivity contribution in [2.75, 3.05) is 0 Å². The van der Waals surface area contributed by atoms with Crippen LogP contribution in [0.4, 0.5) is 4.20 Å². The summed E-state index contributed by atoms with van der Waals surface area (Å²) in [4.78, 5) is 11.0. The summed E-state index contributed by atoms with van der Waals surface area (Å²) in [6, 6.07) is 6.02. The normalized spacial score (nSPS) is 10.7. The first-order valence-electron chi connectivity index (χ1n) is 3.71. The molecule has 0 radical (unpaired) electrons. The molecule has 0 spiro atoms. The van der Waals surface area contributed by atoms with Crippen LogP contribution in [-0.2, 0) is 15.7 Å². The summed E-state index contributed by atoms with van der Waals surface area (Å²) in [7, 11) is 0.888. The third-order valence-electron chi connectivity index (χ3n) is 1.46. The van der Waals surface area contributed by atoms with Gasteiger partial charge in [0.2, 0.25) is 0 Å². The van der Waals surface area contributed by atoms with Crippen molar-refractivity contribution in [3.63, 3.8) is 0 Å². The van der Waals surface area contributed by atoms with Gasteiger partial charge in [-0.2, -0.15) is 0 Å². The van der Waals surface area contributed by atoms with E-state index in [1.807, 2.05) is 0 Å². The van der Waals surface area contributed by atoms with Crippen molar-refractivity contribution in [1.82, 2.24) is 0 Å². The molecule has 0 heterocycles. The molecule has 6 heteroatoms. The minimum absolute atomic E-state index is 0.0242. The maximum absolute atomic E-state index is 12.2. The van der Waals surface area contributed by atoms with E-state index in [1.54, 1.807) is 12.1 Å². The maximum atomic E-state index is 12.2. The molecule has 3 nitrogen and oxygen atoms in total. The Balaban J connectivity index is 2.58. The van der Waals surface area contributed by atoms with E-state index in [1.165, 1.54) is 12.1 Å². The van der Waals surface area contributed by atoms with Crippen LogP contribution < -0.4 is 0 Å². The number of aromatic hydroxyl groups is 1. The number of hydrogen-bond acceptors (Lipinski definition) is 3. The number of phenolic OH excluding ortho intramolecular Hbond substituents is 1. The molecule has 0 fully saturated rings. The topological polar surface area (TPSA) is 46.5 Å². The number of benzene rings is 1. The number of hydrogen-bond donors (Lipinski definition) is 1. The molecule has 0 bridgehead atoms. The first-order valence-corrected chi connectivity index (χ1v) is 6.02. The van der Waals surface area contributed by atoms with E-state index in [0.29, 0.717) is 5.56 Å². The molecule has 14 heavy (non-hydrogen) atoms. The zero-order chi connectivity index (χ0) is 10.6. The minimum atomic E-state index is -2.45. The number of carbonyl (C=O) groups excluding carboxylic acids is 1. The van der Waals surface area contributed by atoms with Gasteiger partial charge in [-0.1, -0.05) is 0 Å². The third-order valence-corrected chi connectivity index (χ3v) is 2.06. The van der Waals surface area contributed by atoms with E-state index in [-0.39, 0.29) is 12.2 Å². The molecule has 0 amide bonds. The van der Waals surface area contributed by atoms with Gasteiger partial charge in [-0.25, -0.2) is 0 Å². The van der Waals surface area contributed by atoms with Gasteiger partial charge in [0.05, 0.1) is 0 Å². The monoisotopic (exact) mass is 232 g/mol. The van der Waals surface area contributed by atoms with Crippen LogP contribution in [0.1, 0.15) is 5.56 Å². The number of halogens is 1. The molecule has 1 unspecified atom stereocenters. The predicted molar refractivity (Wildman–Crippen MR) is 52.9 cm³/mol. The number of carbonyl (C=O) groups is 1. The molecule has 0 saturated heterocycles. The van der Waals surface area contributed by atoms with Gasteiger partial charge in [0.25, 0.3) is 0 Å². The Morgan fingerprint density at radius 1 is 1.50 bits per heavy atom. The molecule has 1 N–H and O–H groups in total. The Hall–Kier alpha value is -0.850. The molecule has 0 aromatic heterocycles. The third kappa shape index (κ3) is 3.91. The fourth-order valence-electron chi connectivity index (χ4n) is 0.897. The molecule has 74 valence electrons. The average Bonchev–Trinajstić information content (AvgIpc) is 2.07. The Morgan fingerprint density at radius 3 is 2.57 bits per heavy atom. The van der Waals surface area contributed by atoms with Crippen LogP contribution in [-0.4, -0.2) is 11.1 Å². The number of phenols is 1. The second-order valence-electron chi connectivity index (χ2n) is 2.53. The van der Waals surface area contributed by atoms with Gasteiger partial charge >= 0.3 is 82.5 Å². The standard InChI is InChI=1S/C8H7FO3P2/c9-14(13)12-8(11)5-6-1-3-7(10)4-2-6/h1-4,10H,5H2. The van der Waals surface area contributed by atoms with Gasteiger partial charge in [0.15, 0.2) is 0 Å². The van der Waals surface area contributed by atoms with E-state index in [4.69, 9.17) is 5.11 Å². The quantitative estimate of drug-likeness (QED) is 0.797. The summed E-state index contributed by atoms with van der Waals surface area (Å²) in [5, 5.41) is 8.95. The van der Waals surface area contributed by atoms with Crippen molar-refractivity contribution in [2.45, 2.75) is 6.42 Å². The van der Waals surface area contributed by atoms with Gasteiger partial charge in [0.1, 0.15) is 0 Å². The summed E-state index contributed by atoms with van der Waals surface area (Å²) >= 11 is 0. The van der Waals surface area contributed by atoms with Crippen LogP contribution in [0.5, 0.6) is 5.75 Å². The zero-order valence-electron chi connectivity index (χ0n) is 7.05. The van der Waals surface area contributed by atoms with Gasteiger partial charge < -0.3 is 0 Å². The van der Waals surface area contributed by atoms with Crippen LogP contribution >= 0.6 is 15.9 Å². The second-order valence-corrected chi connectivity index (χ2v) is 4.11. The summed E-state index contributed by atoms with van der Waals surface area (Å²) in [6.07, 6.45) is -0.0242. The fourth-order valence-corrected chi connectivity index (χ4v) is 1.40. The predicted octanol–water partition coefficient (Wildman–Crippen LogP) is 3.08. The Morgan fingerprint density at radius 2 is 2.07 bits per heavy atom. The molecular weight excluding hydrogens is 225 g/mol. The van der Waals surface area contributed by atoms with Crippen molar-refractivity contribution in [2.24, 2.45) is 0 Å². The van der Waals surface area contributed by atoms with Crippen molar-refractivity contribution in [1.29, 1.82) is 0 Å². The SMILES string of the molecule is O=C(Cc1ccc(O)cc1)OP(F)#P. The van der Waals surface area contributed by atoms with Crippen LogP contribution in [0, 0.1) is 0 Å². The molecule has 0 aliphatic heterocycles. The van der Waals surface area contributed by atoms with E-state index in [9.17, 15) is 8.99 Å². The first kappa shape index (κ1) is 11.2. The van der Waals surface area contributed by atoms with E-state index in [0.717, 1.165) is 0 Å². The Labute approximate surface area is 83.2 Å². The molecular formula is C8H7FO3P2. The Kier molecular flexibility index (Phi) is 4.12. The van der Waals surface area contributed by atoms with Gasteiger partial charge in [-0.3, -0.25) is 0 Å². The summed E-state index contributed by atoms with van der Waals surface area (Å²) < 4.78 is 16.4. The summed E-state index contributed by atoms with van der Waals surface area (Å²) in [6.45, 7) is 0. The van der Waals surface area contributed by atoms with Crippen molar-refractivity contribution < 1.29 is 18.6 Å². The molecule has 0 aliphatic carbocycles. The molecule has 0 aliphatic rings. The van der Waals surface area contributed by atoms with Crippen molar-refractivity contribution in [3.8, 4) is 5.75 Å². The van der Waals surface area contributed by atoms with Gasteiger partial charge in [-0.15, -0.1) is 0 Å². The van der Waals surface area contributed by atoms with Crippen LogP contribution in [0.15, 0.2) is 24.3 Å². The summed E-state index contributed by atoms with van der Waals surface area (Å²) in [5.41, 5.74) is 0.651. The second kappa shape index (κ2) is 5.14. The van der Waals surface area contributed by atoms with Crippen LogP contribution in [0.3, 0.4) is 0 Å². The molecule has 0 saturated carbocycles. The van der Waals surface area contributed by atoms with Crippen LogP contribution in [0.2, 0.25) is 0 Å². The van der Waals surface area contributed by atoms with Gasteiger partial charge in [0, 0.05) is 0 Å². The Bertz CT molecular complexity index is 393. The van der Waals surface area contributed by atoms with E-state index >= 15 is 0 Å². The van der Waals surface area contributed by atoms with E-state index in [2.05, 4.69) is 12.9 Å². The molecule has 1 rings (SSSR count). The molecule has 1 aromatic rings. The number of rotatable bonds is 2. The van der Waals surface area contributed by atoms with Crippen molar-refractivity contribution >= 4 is 21.9 Å². The van der Waals surface area contributed by atoms with Crippen LogP contribution in [0.25, 0.3) is 0 Å². The van der Waals surface area contributed by atoms with Crippen molar-refractivity contribution in [3.05, 3.63) is 29.8 Å². The fraction of sp³-hybridized carbons (Fsp3) is 0.125. The first-order chi connectivity index (χ1) is 6.58. The molecule has 1 atom stereocenters. The van der Waals surface area contributed by atoms with Gasteiger partial charge in [-0.05, 0) is 0 Å². The zero-order valence-corrected chi connectivity index (χ0v) is 8.84. The average molecular weight is 232 g/mol. The summed E-state index contributed by atoms with van der Waals surface area (Å²) in [5.74, 6) is -0.552. The van der Waals surface area contributed by atoms with E-state index < -0.39 is 13.5 Å².